The monoisotopic (exact) mass is 267 g/mol. The number of aliphatic carboxylic acids is 1. The highest BCUT2D eigenvalue weighted by atomic mass is 16.5. The molecule has 1 heterocycles. The molecule has 0 bridgehead atoms. The molecular weight excluding hydrogens is 250 g/mol. The number of rotatable bonds is 5. The molecule has 0 aliphatic heterocycles. The summed E-state index contributed by atoms with van der Waals surface area (Å²) in [7, 11) is 0. The van der Waals surface area contributed by atoms with Crippen LogP contribution in [0.5, 0.6) is 0 Å². The van der Waals surface area contributed by atoms with Gasteiger partial charge in [-0.05, 0) is 26.7 Å². The number of amides is 2. The Kier molecular flexibility index (Phi) is 3.73. The molecule has 0 spiro atoms. The van der Waals surface area contributed by atoms with E-state index >= 15 is 0 Å². The molecule has 1 aliphatic carbocycles. The van der Waals surface area contributed by atoms with Crippen molar-refractivity contribution in [2.75, 3.05) is 6.54 Å². The minimum absolute atomic E-state index is 0.0563. The van der Waals surface area contributed by atoms with Crippen molar-refractivity contribution in [2.24, 2.45) is 0 Å². The molecule has 19 heavy (non-hydrogen) atoms. The third kappa shape index (κ3) is 3.24. The first kappa shape index (κ1) is 13.4. The SMILES string of the molecule is Cc1noc(C)c1CNC(=O)N(CC(=O)O)C1CC1. The zero-order chi connectivity index (χ0) is 14.0. The second-order valence-corrected chi connectivity index (χ2v) is 4.71. The van der Waals surface area contributed by atoms with Crippen molar-refractivity contribution in [3.63, 3.8) is 0 Å². The number of carbonyl (C=O) groups is 2. The first-order valence-corrected chi connectivity index (χ1v) is 6.17. The lowest BCUT2D eigenvalue weighted by molar-refractivity contribution is -0.137. The molecule has 1 fully saturated rings. The standard InChI is InChI=1S/C12H17N3O4/c1-7-10(8(2)19-14-7)5-13-12(18)15(6-11(16)17)9-3-4-9/h9H,3-6H2,1-2H3,(H,13,18)(H,16,17). The van der Waals surface area contributed by atoms with Crippen LogP contribution in [0.2, 0.25) is 0 Å². The number of hydrogen-bond acceptors (Lipinski definition) is 4. The third-order valence-corrected chi connectivity index (χ3v) is 3.15. The van der Waals surface area contributed by atoms with Crippen LogP contribution in [0, 0.1) is 13.8 Å². The maximum atomic E-state index is 12.0. The molecule has 2 rings (SSSR count). The van der Waals surface area contributed by atoms with Gasteiger partial charge in [0.2, 0.25) is 0 Å². The number of nitrogens with one attached hydrogen (secondary N) is 1. The summed E-state index contributed by atoms with van der Waals surface area (Å²) in [6.07, 6.45) is 1.73. The Morgan fingerprint density at radius 1 is 1.47 bits per heavy atom. The van der Waals surface area contributed by atoms with Gasteiger partial charge >= 0.3 is 12.0 Å². The summed E-state index contributed by atoms with van der Waals surface area (Å²) < 4.78 is 5.00. The predicted molar refractivity (Wildman–Crippen MR) is 65.6 cm³/mol. The van der Waals surface area contributed by atoms with Gasteiger partial charge in [0.25, 0.3) is 0 Å². The van der Waals surface area contributed by atoms with E-state index in [4.69, 9.17) is 9.63 Å². The first-order valence-electron chi connectivity index (χ1n) is 6.17. The van der Waals surface area contributed by atoms with Crippen LogP contribution in [0.3, 0.4) is 0 Å². The lowest BCUT2D eigenvalue weighted by atomic mass is 10.2. The number of hydrogen-bond donors (Lipinski definition) is 2. The highest BCUT2D eigenvalue weighted by Crippen LogP contribution is 2.26. The molecule has 0 aromatic carbocycles. The lowest BCUT2D eigenvalue weighted by Gasteiger charge is -2.20. The van der Waals surface area contributed by atoms with Gasteiger partial charge in [-0.2, -0.15) is 0 Å². The molecule has 7 nitrogen and oxygen atoms in total. The highest BCUT2D eigenvalue weighted by Gasteiger charge is 2.33. The second kappa shape index (κ2) is 5.29. The van der Waals surface area contributed by atoms with Crippen molar-refractivity contribution in [3.8, 4) is 0 Å². The van der Waals surface area contributed by atoms with Crippen molar-refractivity contribution < 1.29 is 19.2 Å². The van der Waals surface area contributed by atoms with Crippen LogP contribution in [0.15, 0.2) is 4.52 Å². The van der Waals surface area contributed by atoms with Gasteiger partial charge in [-0.25, -0.2) is 4.79 Å². The minimum atomic E-state index is -1.00. The molecule has 0 saturated heterocycles. The number of carboxylic acid groups (broad SMARTS) is 1. The van der Waals surface area contributed by atoms with Crippen LogP contribution in [0.4, 0.5) is 4.79 Å². The zero-order valence-corrected chi connectivity index (χ0v) is 11.0. The first-order chi connectivity index (χ1) is 8.99. The molecule has 1 saturated carbocycles. The van der Waals surface area contributed by atoms with Crippen molar-refractivity contribution in [2.45, 2.75) is 39.3 Å². The summed E-state index contributed by atoms with van der Waals surface area (Å²) in [5.41, 5.74) is 1.56. The molecule has 0 atom stereocenters. The second-order valence-electron chi connectivity index (χ2n) is 4.71. The number of carboxylic acids is 1. The summed E-state index contributed by atoms with van der Waals surface area (Å²) >= 11 is 0. The number of carbonyl (C=O) groups excluding carboxylic acids is 1. The van der Waals surface area contributed by atoms with Crippen molar-refractivity contribution >= 4 is 12.0 Å². The van der Waals surface area contributed by atoms with Crippen LogP contribution in [0.25, 0.3) is 0 Å². The van der Waals surface area contributed by atoms with Crippen molar-refractivity contribution in [1.29, 1.82) is 0 Å². The fourth-order valence-electron chi connectivity index (χ4n) is 1.92. The van der Waals surface area contributed by atoms with E-state index in [-0.39, 0.29) is 18.6 Å². The Morgan fingerprint density at radius 3 is 2.63 bits per heavy atom. The fourth-order valence-corrected chi connectivity index (χ4v) is 1.92. The van der Waals surface area contributed by atoms with E-state index < -0.39 is 5.97 Å². The van der Waals surface area contributed by atoms with Crippen LogP contribution >= 0.6 is 0 Å². The summed E-state index contributed by atoms with van der Waals surface area (Å²) in [4.78, 5) is 24.1. The molecular formula is C12H17N3O4. The quantitative estimate of drug-likeness (QED) is 0.831. The summed E-state index contributed by atoms with van der Waals surface area (Å²) in [6, 6.07) is -0.300. The number of aryl methyl sites for hydroxylation is 2. The summed E-state index contributed by atoms with van der Waals surface area (Å²) in [6.45, 7) is 3.60. The normalized spacial score (nSPS) is 14.2. The highest BCUT2D eigenvalue weighted by molar-refractivity contribution is 5.80. The average molecular weight is 267 g/mol. The fraction of sp³-hybridized carbons (Fsp3) is 0.583. The van der Waals surface area contributed by atoms with Gasteiger partial charge in [-0.3, -0.25) is 4.79 Å². The van der Waals surface area contributed by atoms with Crippen molar-refractivity contribution in [1.82, 2.24) is 15.4 Å². The van der Waals surface area contributed by atoms with E-state index in [1.54, 1.807) is 13.8 Å². The van der Waals surface area contributed by atoms with Crippen LogP contribution in [0.1, 0.15) is 29.9 Å². The van der Waals surface area contributed by atoms with Crippen LogP contribution < -0.4 is 5.32 Å². The zero-order valence-electron chi connectivity index (χ0n) is 11.0. The molecule has 0 radical (unpaired) electrons. The molecule has 104 valence electrons. The predicted octanol–water partition coefficient (Wildman–Crippen LogP) is 1.05. The van der Waals surface area contributed by atoms with E-state index in [0.717, 1.165) is 24.1 Å². The average Bonchev–Trinajstić information content (AvgIpc) is 3.12. The maximum absolute atomic E-state index is 12.0. The van der Waals surface area contributed by atoms with Gasteiger partial charge in [0.1, 0.15) is 12.3 Å². The molecule has 2 N–H and O–H groups in total. The largest absolute Gasteiger partial charge is 0.480 e. The van der Waals surface area contributed by atoms with Gasteiger partial charge < -0.3 is 19.8 Å². The maximum Gasteiger partial charge on any atom is 0.323 e. The third-order valence-electron chi connectivity index (χ3n) is 3.15. The molecule has 7 heteroatoms. The van der Waals surface area contributed by atoms with Crippen LogP contribution in [-0.2, 0) is 11.3 Å². The molecule has 1 aromatic heterocycles. The number of aromatic nitrogens is 1. The van der Waals surface area contributed by atoms with Crippen molar-refractivity contribution in [3.05, 3.63) is 17.0 Å². The Hall–Kier alpha value is -2.05. The van der Waals surface area contributed by atoms with E-state index in [2.05, 4.69) is 10.5 Å². The van der Waals surface area contributed by atoms with E-state index in [9.17, 15) is 9.59 Å². The summed E-state index contributed by atoms with van der Waals surface area (Å²) in [5.74, 6) is -0.339. The van der Waals surface area contributed by atoms with E-state index in [1.165, 1.54) is 4.90 Å². The smallest absolute Gasteiger partial charge is 0.323 e. The minimum Gasteiger partial charge on any atom is -0.480 e. The van der Waals surface area contributed by atoms with Gasteiger partial charge in [0, 0.05) is 18.2 Å². The van der Waals surface area contributed by atoms with Gasteiger partial charge in [-0.15, -0.1) is 0 Å². The molecule has 1 aliphatic rings. The Bertz CT molecular complexity index is 474. The Labute approximate surface area is 110 Å². The van der Waals surface area contributed by atoms with Gasteiger partial charge in [-0.1, -0.05) is 5.16 Å². The Balaban J connectivity index is 1.94. The van der Waals surface area contributed by atoms with Gasteiger partial charge in [0.05, 0.1) is 5.69 Å². The lowest BCUT2D eigenvalue weighted by Crippen LogP contribution is -2.43. The van der Waals surface area contributed by atoms with E-state index in [1.807, 2.05) is 0 Å². The number of urea groups is 1. The number of nitrogens with zero attached hydrogens (tertiary/aromatic N) is 2. The van der Waals surface area contributed by atoms with Gasteiger partial charge in [0.15, 0.2) is 0 Å². The molecule has 2 amide bonds. The molecule has 0 unspecified atom stereocenters. The van der Waals surface area contributed by atoms with E-state index in [0.29, 0.717) is 12.3 Å². The summed E-state index contributed by atoms with van der Waals surface area (Å²) in [5, 5.41) is 15.3. The Morgan fingerprint density at radius 2 is 2.16 bits per heavy atom. The molecule has 1 aromatic rings. The topological polar surface area (TPSA) is 95.7 Å². The van der Waals surface area contributed by atoms with Crippen LogP contribution in [-0.4, -0.2) is 39.8 Å².